The van der Waals surface area contributed by atoms with Crippen LogP contribution in [0, 0.1) is 5.82 Å². The Balaban J connectivity index is 0.00000504. The van der Waals surface area contributed by atoms with Gasteiger partial charge in [-0.2, -0.15) is 26.3 Å². The third-order valence-electron chi connectivity index (χ3n) is 20.6. The molecule has 3 fully saturated rings. The highest BCUT2D eigenvalue weighted by Crippen LogP contribution is 2.49. The molecular weight excluding hydrogens is 1420 g/mol. The maximum absolute atomic E-state index is 14.3. The van der Waals surface area contributed by atoms with E-state index in [4.69, 9.17) is 14.2 Å². The molecule has 10 rings (SSSR count). The summed E-state index contributed by atoms with van der Waals surface area (Å²) in [6, 6.07) is 40.0. The lowest BCUT2D eigenvalue weighted by Crippen LogP contribution is -2.50. The van der Waals surface area contributed by atoms with E-state index in [-0.39, 0.29) is 98.8 Å². The summed E-state index contributed by atoms with van der Waals surface area (Å²) in [7, 11) is 5.35. The van der Waals surface area contributed by atoms with E-state index in [2.05, 4.69) is 46.0 Å². The molecule has 0 unspecified atom stereocenters. The Kier molecular flexibility index (Phi) is 30.5. The van der Waals surface area contributed by atoms with Gasteiger partial charge < -0.3 is 43.6 Å². The predicted molar refractivity (Wildman–Crippen MR) is 394 cm³/mol. The fourth-order valence-electron chi connectivity index (χ4n) is 14.5. The van der Waals surface area contributed by atoms with Gasteiger partial charge in [-0.25, -0.2) is 9.18 Å². The molecule has 0 aromatic heterocycles. The van der Waals surface area contributed by atoms with E-state index in [1.165, 1.54) is 29.8 Å². The summed E-state index contributed by atoms with van der Waals surface area (Å²) in [5, 5.41) is 2.94. The second-order valence-corrected chi connectivity index (χ2v) is 27.7. The van der Waals surface area contributed by atoms with Crippen molar-refractivity contribution in [2.45, 2.75) is 133 Å². The van der Waals surface area contributed by atoms with Crippen LogP contribution in [0.2, 0.25) is 0 Å². The minimum atomic E-state index is -5.15. The van der Waals surface area contributed by atoms with Crippen LogP contribution in [-0.2, 0) is 60.1 Å². The number of rotatable bonds is 28. The topological polar surface area (TPSA) is 148 Å². The highest BCUT2D eigenvalue weighted by Gasteiger charge is 2.50. The molecule has 0 bridgehead atoms. The van der Waals surface area contributed by atoms with Gasteiger partial charge in [0, 0.05) is 108 Å². The lowest BCUT2D eigenvalue weighted by atomic mass is 9.72. The highest BCUT2D eigenvalue weighted by atomic mass is 35.5. The molecule has 6 aromatic carbocycles. The van der Waals surface area contributed by atoms with Gasteiger partial charge in [0.25, 0.3) is 11.8 Å². The largest absolute Gasteiger partial charge is 0.446 e. The fraction of sp³-hybridized carbons (Fsp3) is 0.474. The van der Waals surface area contributed by atoms with Gasteiger partial charge in [-0.15, -0.1) is 37.2 Å². The van der Waals surface area contributed by atoms with Crippen molar-refractivity contribution in [1.82, 2.24) is 34.3 Å². The molecule has 566 valence electrons. The fourth-order valence-corrected chi connectivity index (χ4v) is 14.5. The third kappa shape index (κ3) is 21.7. The number of hydrogen-bond acceptors (Lipinski definition) is 11. The zero-order valence-electron chi connectivity index (χ0n) is 59.5. The number of carbonyl (C=O) groups excluding carboxylic acids is 5. The Morgan fingerprint density at radius 3 is 1.92 bits per heavy atom. The summed E-state index contributed by atoms with van der Waals surface area (Å²) in [6.45, 7) is 10.6. The molecule has 26 heteroatoms. The minimum absolute atomic E-state index is 0. The number of anilines is 1. The van der Waals surface area contributed by atoms with E-state index in [1.54, 1.807) is 23.9 Å². The number of carbonyl (C=O) groups is 5. The van der Waals surface area contributed by atoms with E-state index >= 15 is 0 Å². The number of nitrogens with one attached hydrogen (secondary N) is 1. The van der Waals surface area contributed by atoms with Gasteiger partial charge in [0.05, 0.1) is 29.5 Å². The van der Waals surface area contributed by atoms with Gasteiger partial charge in [-0.1, -0.05) is 103 Å². The third-order valence-corrected chi connectivity index (χ3v) is 20.6. The number of piperidine rings is 2. The first-order valence-corrected chi connectivity index (χ1v) is 35.1. The van der Waals surface area contributed by atoms with Crippen LogP contribution in [0.1, 0.15) is 132 Å². The zero-order valence-corrected chi connectivity index (χ0v) is 62.0. The predicted octanol–water partition coefficient (Wildman–Crippen LogP) is 15.0. The number of likely N-dealkylation sites (N-methyl/N-ethyl adjacent to an activating group) is 2. The van der Waals surface area contributed by atoms with Crippen LogP contribution in [0.25, 0.3) is 11.1 Å². The van der Waals surface area contributed by atoms with Crippen molar-refractivity contribution in [3.63, 3.8) is 0 Å². The molecule has 16 nitrogen and oxygen atoms in total. The van der Waals surface area contributed by atoms with Crippen molar-refractivity contribution >= 4 is 72.6 Å². The van der Waals surface area contributed by atoms with Gasteiger partial charge in [0.1, 0.15) is 30.9 Å². The molecule has 3 heterocycles. The Bertz CT molecular complexity index is 3760. The summed E-state index contributed by atoms with van der Waals surface area (Å²) in [4.78, 5) is 80.3. The lowest BCUT2D eigenvalue weighted by molar-refractivity contribution is -0.143. The van der Waals surface area contributed by atoms with Crippen molar-refractivity contribution < 1.29 is 68.9 Å². The van der Waals surface area contributed by atoms with Gasteiger partial charge in [0.15, 0.2) is 0 Å². The Hall–Kier alpha value is -7.35. The number of para-hydroxylation sites is 1. The molecule has 0 radical (unpaired) electrons. The van der Waals surface area contributed by atoms with E-state index in [9.17, 15) is 54.7 Å². The summed E-state index contributed by atoms with van der Waals surface area (Å²) in [5.41, 5.74) is 1.44. The molecule has 5 amide bonds. The van der Waals surface area contributed by atoms with Gasteiger partial charge in [-0.3, -0.25) is 29.4 Å². The Morgan fingerprint density at radius 2 is 1.26 bits per heavy atom. The van der Waals surface area contributed by atoms with E-state index < -0.39 is 64.6 Å². The van der Waals surface area contributed by atoms with E-state index in [0.29, 0.717) is 100 Å². The van der Waals surface area contributed by atoms with Crippen LogP contribution in [0.15, 0.2) is 146 Å². The SMILES string of the molecule is CC(C)N(CCCCCC(=O)N(C)CCN1CCC(OC(=O)Nc2ccccc2-c2ccccc2)CC1)Cc1ccc(C(=O)N(C)CCCN(C)C(=O)CO[C@H]2Cc3ccccc3C23CCN(CC[C@@]2(c4ccc(F)cc4)CN(C(=O)c4cc(C(F)(F)F)cc(C(F)(F)F)c4)CO2)CC3)cc1.Cl.Cl.Cl. The number of fused-ring (bicyclic) bond motifs is 2. The zero-order chi connectivity index (χ0) is 72.1. The van der Waals surface area contributed by atoms with Crippen molar-refractivity contribution in [3.05, 3.63) is 196 Å². The summed E-state index contributed by atoms with van der Waals surface area (Å²) >= 11 is 0. The van der Waals surface area contributed by atoms with Crippen LogP contribution in [0.3, 0.4) is 0 Å². The number of halogens is 10. The molecule has 6 aromatic rings. The number of likely N-dealkylation sites (tertiary alicyclic amines) is 2. The number of unbranched alkanes of at least 4 members (excludes halogenated alkanes) is 2. The van der Waals surface area contributed by atoms with Crippen molar-refractivity contribution in [2.24, 2.45) is 0 Å². The summed E-state index contributed by atoms with van der Waals surface area (Å²) < 4.78 is 116. The smallest absolute Gasteiger partial charge is 0.416 e. The quantitative estimate of drug-likeness (QED) is 0.0370. The number of ether oxygens (including phenoxy) is 3. The van der Waals surface area contributed by atoms with Gasteiger partial charge >= 0.3 is 18.4 Å². The summed E-state index contributed by atoms with van der Waals surface area (Å²) in [6.07, 6.45) is -3.82. The molecule has 4 aliphatic rings. The maximum Gasteiger partial charge on any atom is 0.416 e. The number of amides is 5. The number of nitrogens with zero attached hydrogens (tertiary/aromatic N) is 7. The van der Waals surface area contributed by atoms with Gasteiger partial charge in [-0.05, 0) is 168 Å². The first-order chi connectivity index (χ1) is 48.3. The molecule has 2 atom stereocenters. The molecule has 3 saturated heterocycles. The molecule has 1 N–H and O–H groups in total. The van der Waals surface area contributed by atoms with Crippen LogP contribution in [-0.4, -0.2) is 189 Å². The number of alkyl halides is 6. The lowest BCUT2D eigenvalue weighted by Gasteiger charge is -2.44. The van der Waals surface area contributed by atoms with Crippen LogP contribution >= 0.6 is 37.2 Å². The van der Waals surface area contributed by atoms with E-state index in [1.807, 2.05) is 103 Å². The van der Waals surface area contributed by atoms with Crippen LogP contribution in [0.4, 0.5) is 41.2 Å². The molecule has 1 spiro atoms. The average Bonchev–Trinajstić information content (AvgIpc) is 1.56. The Morgan fingerprint density at radius 1 is 0.644 bits per heavy atom. The van der Waals surface area contributed by atoms with Gasteiger partial charge in [0.2, 0.25) is 11.8 Å². The first kappa shape index (κ1) is 83.9. The van der Waals surface area contributed by atoms with Crippen molar-refractivity contribution in [1.29, 1.82) is 0 Å². The second kappa shape index (κ2) is 37.8. The minimum Gasteiger partial charge on any atom is -0.446 e. The highest BCUT2D eigenvalue weighted by molar-refractivity contribution is 5.95. The first-order valence-electron chi connectivity index (χ1n) is 35.1. The van der Waals surface area contributed by atoms with E-state index in [0.717, 1.165) is 92.0 Å². The van der Waals surface area contributed by atoms with Crippen molar-refractivity contribution in [3.8, 4) is 11.1 Å². The monoisotopic (exact) mass is 1510 g/mol. The van der Waals surface area contributed by atoms with Crippen LogP contribution < -0.4 is 5.32 Å². The molecule has 0 saturated carbocycles. The standard InChI is InChI=1S/C78H93F7N8O8.3ClH/c1-55(2)92(39-15-7-10-23-70(94)88(4)45-46-90-40-32-65(33-41-90)101-74(98)86-68-22-14-12-20-66(68)57-17-8-6-9-18-57)51-56-24-26-58(27-25-56)72(96)89(5)38-16-37-87(3)71(95)52-99-69-49-59-19-11-13-21-67(59)75(69)34-42-91(43-35-75)44-36-76(61-28-30-64(79)31-29-61)53-93(54-100-76)73(97)60-47-62(77(80,81)82)50-63(48-60)78(83,84)85;;;/h6,8-9,11-14,17-22,24-31,47-48,50,55,65,69H,7,10,15-16,23,32-46,49,51-54H2,1-5H3,(H,86,98);3*1H/t69-,76-;;;/m0.../s1. The maximum atomic E-state index is 14.3. The molecule has 104 heavy (non-hydrogen) atoms. The Labute approximate surface area is 624 Å². The molecule has 3 aliphatic heterocycles. The number of benzene rings is 6. The number of hydrogen-bond donors (Lipinski definition) is 1. The molecular formula is C78H96Cl3F7N8O8. The average molecular weight is 1510 g/mol. The second-order valence-electron chi connectivity index (χ2n) is 27.7. The van der Waals surface area contributed by atoms with Crippen LogP contribution in [0.5, 0.6) is 0 Å². The van der Waals surface area contributed by atoms with Crippen molar-refractivity contribution in [2.75, 3.05) is 112 Å². The summed E-state index contributed by atoms with van der Waals surface area (Å²) in [5.74, 6) is -1.77. The normalized spacial score (nSPS) is 17.6. The molecule has 1 aliphatic carbocycles.